The zero-order chi connectivity index (χ0) is 16.0. The molecule has 0 unspecified atom stereocenters. The fraction of sp³-hybridized carbons (Fsp3) is 0.0588. The minimum atomic E-state index is -0.384. The third-order valence-electron chi connectivity index (χ3n) is 3.84. The predicted octanol–water partition coefficient (Wildman–Crippen LogP) is 3.22. The molecule has 23 heavy (non-hydrogen) atoms. The van der Waals surface area contributed by atoms with Crippen molar-refractivity contribution in [3.63, 3.8) is 0 Å². The van der Waals surface area contributed by atoms with Crippen molar-refractivity contribution in [3.8, 4) is 16.9 Å². The summed E-state index contributed by atoms with van der Waals surface area (Å²) in [7, 11) is 0. The van der Waals surface area contributed by atoms with Crippen LogP contribution in [-0.2, 0) is 0 Å². The second kappa shape index (κ2) is 4.95. The lowest BCUT2D eigenvalue weighted by Gasteiger charge is -2.08. The van der Waals surface area contributed by atoms with Crippen molar-refractivity contribution < 1.29 is 4.39 Å². The molecule has 6 heteroatoms. The Kier molecular flexibility index (Phi) is 2.90. The van der Waals surface area contributed by atoms with E-state index in [1.54, 1.807) is 41.5 Å². The molecule has 0 aliphatic rings. The Morgan fingerprint density at radius 3 is 2.83 bits per heavy atom. The third-order valence-corrected chi connectivity index (χ3v) is 3.84. The fourth-order valence-electron chi connectivity index (χ4n) is 2.69. The Morgan fingerprint density at radius 2 is 2.04 bits per heavy atom. The Labute approximate surface area is 131 Å². The van der Waals surface area contributed by atoms with E-state index in [2.05, 4.69) is 10.1 Å². The number of aryl methyl sites for hydroxylation is 1. The van der Waals surface area contributed by atoms with Gasteiger partial charge in [-0.05, 0) is 36.8 Å². The quantitative estimate of drug-likeness (QED) is 0.578. The van der Waals surface area contributed by atoms with Crippen LogP contribution in [0.1, 0.15) is 5.56 Å². The second-order valence-corrected chi connectivity index (χ2v) is 5.39. The lowest BCUT2D eigenvalue weighted by Crippen LogP contribution is -1.99. The minimum absolute atomic E-state index is 0.281. The highest BCUT2D eigenvalue weighted by molar-refractivity contribution is 5.67. The first-order valence-corrected chi connectivity index (χ1v) is 7.17. The molecule has 0 spiro atoms. The van der Waals surface area contributed by atoms with E-state index in [0.29, 0.717) is 16.9 Å². The summed E-state index contributed by atoms with van der Waals surface area (Å²) in [6.45, 7) is 1.96. The standard InChI is InChI=1S/C17H14FN5/c1-11-4-5-13(19)9-14(11)22-7-8-23-17(22)15(18)16(21-23)12-3-2-6-20-10-12/h2-10H,19H2,1H3. The highest BCUT2D eigenvalue weighted by Gasteiger charge is 2.19. The van der Waals surface area contributed by atoms with Crippen molar-refractivity contribution in [3.05, 3.63) is 66.5 Å². The number of halogens is 1. The maximum atomic E-state index is 15.0. The molecule has 0 bridgehead atoms. The van der Waals surface area contributed by atoms with Gasteiger partial charge in [-0.1, -0.05) is 6.07 Å². The molecule has 0 fully saturated rings. The number of nitrogens with two attached hydrogens (primary N) is 1. The van der Waals surface area contributed by atoms with Crippen LogP contribution in [-0.4, -0.2) is 19.2 Å². The first-order valence-electron chi connectivity index (χ1n) is 7.17. The van der Waals surface area contributed by atoms with Gasteiger partial charge in [0.25, 0.3) is 0 Å². The van der Waals surface area contributed by atoms with Crippen LogP contribution in [0.15, 0.2) is 55.1 Å². The average molecular weight is 307 g/mol. The number of benzene rings is 1. The summed E-state index contributed by atoms with van der Waals surface area (Å²) < 4.78 is 18.2. The van der Waals surface area contributed by atoms with E-state index in [1.165, 1.54) is 4.52 Å². The minimum Gasteiger partial charge on any atom is -0.399 e. The third kappa shape index (κ3) is 2.07. The van der Waals surface area contributed by atoms with Gasteiger partial charge in [-0.2, -0.15) is 5.10 Å². The van der Waals surface area contributed by atoms with Crippen molar-refractivity contribution in [2.24, 2.45) is 0 Å². The molecule has 0 amide bonds. The van der Waals surface area contributed by atoms with Gasteiger partial charge < -0.3 is 5.73 Å². The van der Waals surface area contributed by atoms with Gasteiger partial charge in [-0.15, -0.1) is 0 Å². The van der Waals surface area contributed by atoms with E-state index in [-0.39, 0.29) is 11.5 Å². The number of hydrogen-bond donors (Lipinski definition) is 1. The van der Waals surface area contributed by atoms with Crippen molar-refractivity contribution >= 4 is 11.3 Å². The number of anilines is 1. The van der Waals surface area contributed by atoms with Gasteiger partial charge in [0.15, 0.2) is 11.5 Å². The number of fused-ring (bicyclic) bond motifs is 1. The molecule has 3 aromatic heterocycles. The van der Waals surface area contributed by atoms with Crippen LogP contribution >= 0.6 is 0 Å². The molecule has 1 aromatic carbocycles. The van der Waals surface area contributed by atoms with E-state index >= 15 is 0 Å². The van der Waals surface area contributed by atoms with Crippen LogP contribution in [0.5, 0.6) is 0 Å². The molecule has 114 valence electrons. The lowest BCUT2D eigenvalue weighted by atomic mass is 10.1. The zero-order valence-electron chi connectivity index (χ0n) is 12.4. The molecule has 2 N–H and O–H groups in total. The largest absolute Gasteiger partial charge is 0.399 e. The summed E-state index contributed by atoms with van der Waals surface area (Å²) in [5.74, 6) is -0.384. The summed E-state index contributed by atoms with van der Waals surface area (Å²) in [5.41, 5.74) is 9.63. The van der Waals surface area contributed by atoms with Crippen LogP contribution in [0, 0.1) is 12.7 Å². The van der Waals surface area contributed by atoms with Crippen molar-refractivity contribution in [1.82, 2.24) is 19.2 Å². The lowest BCUT2D eigenvalue weighted by molar-refractivity contribution is 0.637. The summed E-state index contributed by atoms with van der Waals surface area (Å²) in [6.07, 6.45) is 6.75. The smallest absolute Gasteiger partial charge is 0.194 e. The average Bonchev–Trinajstić information content (AvgIpc) is 3.11. The van der Waals surface area contributed by atoms with Crippen LogP contribution in [0.25, 0.3) is 22.6 Å². The van der Waals surface area contributed by atoms with Crippen molar-refractivity contribution in [1.29, 1.82) is 0 Å². The van der Waals surface area contributed by atoms with E-state index in [9.17, 15) is 4.39 Å². The molecule has 5 nitrogen and oxygen atoms in total. The summed E-state index contributed by atoms with van der Waals surface area (Å²) in [4.78, 5) is 4.02. The number of imidazole rings is 1. The van der Waals surface area contributed by atoms with Crippen LogP contribution in [0.4, 0.5) is 10.1 Å². The summed E-state index contributed by atoms with van der Waals surface area (Å²) >= 11 is 0. The molecule has 4 aromatic rings. The Balaban J connectivity index is 1.97. The van der Waals surface area contributed by atoms with Crippen molar-refractivity contribution in [2.75, 3.05) is 5.73 Å². The highest BCUT2D eigenvalue weighted by Crippen LogP contribution is 2.27. The molecule has 0 aliphatic carbocycles. The number of nitrogen functional groups attached to an aromatic ring is 1. The second-order valence-electron chi connectivity index (χ2n) is 5.39. The van der Waals surface area contributed by atoms with Crippen LogP contribution < -0.4 is 5.73 Å². The molecule has 4 rings (SSSR count). The number of aromatic nitrogens is 4. The van der Waals surface area contributed by atoms with E-state index < -0.39 is 0 Å². The fourth-order valence-corrected chi connectivity index (χ4v) is 2.69. The normalized spacial score (nSPS) is 11.2. The molecule has 0 atom stereocenters. The first-order chi connectivity index (χ1) is 11.1. The molecule has 0 saturated heterocycles. The monoisotopic (exact) mass is 307 g/mol. The maximum absolute atomic E-state index is 15.0. The van der Waals surface area contributed by atoms with E-state index in [0.717, 1.165) is 11.3 Å². The van der Waals surface area contributed by atoms with Gasteiger partial charge in [0.1, 0.15) is 5.69 Å². The number of rotatable bonds is 2. The number of nitrogens with zero attached hydrogens (tertiary/aromatic N) is 4. The van der Waals surface area contributed by atoms with E-state index in [4.69, 9.17) is 5.73 Å². The highest BCUT2D eigenvalue weighted by atomic mass is 19.1. The molecule has 0 aliphatic heterocycles. The van der Waals surface area contributed by atoms with Gasteiger partial charge in [0.05, 0.1) is 5.69 Å². The van der Waals surface area contributed by atoms with Gasteiger partial charge in [0, 0.05) is 36.0 Å². The van der Waals surface area contributed by atoms with Gasteiger partial charge >= 0.3 is 0 Å². The Bertz CT molecular complexity index is 1000. The topological polar surface area (TPSA) is 61.1 Å². The van der Waals surface area contributed by atoms with Crippen molar-refractivity contribution in [2.45, 2.75) is 6.92 Å². The number of hydrogen-bond acceptors (Lipinski definition) is 3. The first kappa shape index (κ1) is 13.5. The molecular weight excluding hydrogens is 293 g/mol. The molecule has 3 heterocycles. The Hall–Kier alpha value is -3.15. The molecule has 0 saturated carbocycles. The summed E-state index contributed by atoms with van der Waals surface area (Å²) in [5, 5.41) is 4.33. The SMILES string of the molecule is Cc1ccc(N)cc1-n1ccn2nc(-c3cccnc3)c(F)c12. The summed E-state index contributed by atoms with van der Waals surface area (Å²) in [6, 6.07) is 9.11. The van der Waals surface area contributed by atoms with E-state index in [1.807, 2.05) is 25.1 Å². The molecular formula is C17H14FN5. The van der Waals surface area contributed by atoms with Gasteiger partial charge in [-0.3, -0.25) is 9.55 Å². The number of pyridine rings is 1. The molecule has 0 radical (unpaired) electrons. The van der Waals surface area contributed by atoms with Gasteiger partial charge in [-0.25, -0.2) is 8.91 Å². The predicted molar refractivity (Wildman–Crippen MR) is 86.9 cm³/mol. The zero-order valence-corrected chi connectivity index (χ0v) is 12.4. The van der Waals surface area contributed by atoms with Crippen LogP contribution in [0.3, 0.4) is 0 Å². The maximum Gasteiger partial charge on any atom is 0.194 e. The van der Waals surface area contributed by atoms with Crippen LogP contribution in [0.2, 0.25) is 0 Å². The van der Waals surface area contributed by atoms with Gasteiger partial charge in [0.2, 0.25) is 0 Å². The Morgan fingerprint density at radius 1 is 1.17 bits per heavy atom.